The van der Waals surface area contributed by atoms with Gasteiger partial charge in [0.2, 0.25) is 0 Å². The predicted octanol–water partition coefficient (Wildman–Crippen LogP) is 2.30. The standard InChI is InChI=1S/C20H22N4O2/c25-19(15-23-11-13-26-14-12-23)16-4-6-17(7-5-16)24-10-9-22-20(24)18-3-1-2-8-21-18/h1-10,19,25H,11-15H2/t19-/m1/s1. The molecule has 1 fully saturated rings. The third kappa shape index (κ3) is 3.67. The molecule has 1 aromatic carbocycles. The Hall–Kier alpha value is -2.54. The molecule has 0 saturated carbocycles. The number of aromatic nitrogens is 3. The molecule has 4 rings (SSSR count). The Balaban J connectivity index is 1.51. The van der Waals surface area contributed by atoms with Gasteiger partial charge in [0.05, 0.1) is 19.3 Å². The van der Waals surface area contributed by atoms with Gasteiger partial charge in [0.1, 0.15) is 5.69 Å². The molecule has 26 heavy (non-hydrogen) atoms. The maximum Gasteiger partial charge on any atom is 0.163 e. The Morgan fingerprint density at radius 1 is 1.00 bits per heavy atom. The zero-order valence-corrected chi connectivity index (χ0v) is 14.5. The molecule has 2 aromatic heterocycles. The maximum absolute atomic E-state index is 10.5. The molecule has 1 atom stereocenters. The summed E-state index contributed by atoms with van der Waals surface area (Å²) >= 11 is 0. The molecule has 6 heteroatoms. The highest BCUT2D eigenvalue weighted by atomic mass is 16.5. The lowest BCUT2D eigenvalue weighted by Gasteiger charge is -2.28. The summed E-state index contributed by atoms with van der Waals surface area (Å²) in [5.41, 5.74) is 2.74. The van der Waals surface area contributed by atoms with Crippen molar-refractivity contribution in [2.45, 2.75) is 6.10 Å². The van der Waals surface area contributed by atoms with Crippen molar-refractivity contribution in [2.75, 3.05) is 32.8 Å². The number of pyridine rings is 1. The van der Waals surface area contributed by atoms with Crippen LogP contribution in [0.2, 0.25) is 0 Å². The summed E-state index contributed by atoms with van der Waals surface area (Å²) < 4.78 is 7.36. The number of β-amino-alcohol motifs (C(OH)–C–C–N with tert-alkyl or cyclic N) is 1. The highest BCUT2D eigenvalue weighted by molar-refractivity contribution is 5.54. The maximum atomic E-state index is 10.5. The van der Waals surface area contributed by atoms with Gasteiger partial charge < -0.3 is 9.84 Å². The fourth-order valence-corrected chi connectivity index (χ4v) is 3.19. The quantitative estimate of drug-likeness (QED) is 0.765. The molecule has 6 nitrogen and oxygen atoms in total. The van der Waals surface area contributed by atoms with E-state index in [1.165, 1.54) is 0 Å². The SMILES string of the molecule is O[C@H](CN1CCOCC1)c1ccc(-n2ccnc2-c2ccccn2)cc1. The summed E-state index contributed by atoms with van der Waals surface area (Å²) in [6.07, 6.45) is 4.95. The summed E-state index contributed by atoms with van der Waals surface area (Å²) in [5, 5.41) is 10.5. The zero-order chi connectivity index (χ0) is 17.8. The lowest BCUT2D eigenvalue weighted by molar-refractivity contribution is 0.0143. The number of aliphatic hydroxyl groups excluding tert-OH is 1. The van der Waals surface area contributed by atoms with Crippen molar-refractivity contribution in [3.05, 3.63) is 66.6 Å². The Morgan fingerprint density at radius 3 is 2.54 bits per heavy atom. The number of nitrogens with zero attached hydrogens (tertiary/aromatic N) is 4. The van der Waals surface area contributed by atoms with Crippen molar-refractivity contribution in [3.63, 3.8) is 0 Å². The van der Waals surface area contributed by atoms with E-state index < -0.39 is 6.10 Å². The molecule has 3 heterocycles. The van der Waals surface area contributed by atoms with E-state index in [1.54, 1.807) is 12.4 Å². The minimum absolute atomic E-state index is 0.500. The molecule has 1 aliphatic rings. The second-order valence-electron chi connectivity index (χ2n) is 6.36. The minimum Gasteiger partial charge on any atom is -0.387 e. The van der Waals surface area contributed by atoms with Gasteiger partial charge in [-0.1, -0.05) is 18.2 Å². The third-order valence-corrected chi connectivity index (χ3v) is 4.63. The topological polar surface area (TPSA) is 63.4 Å². The molecular formula is C20H22N4O2. The van der Waals surface area contributed by atoms with Crippen molar-refractivity contribution in [1.29, 1.82) is 0 Å². The van der Waals surface area contributed by atoms with E-state index in [4.69, 9.17) is 4.74 Å². The van der Waals surface area contributed by atoms with E-state index in [0.717, 1.165) is 49.1 Å². The van der Waals surface area contributed by atoms with Crippen LogP contribution in [0.4, 0.5) is 0 Å². The van der Waals surface area contributed by atoms with Crippen LogP contribution in [0.5, 0.6) is 0 Å². The first-order valence-corrected chi connectivity index (χ1v) is 8.84. The molecule has 134 valence electrons. The molecule has 0 spiro atoms. The minimum atomic E-state index is -0.500. The van der Waals surface area contributed by atoms with Gasteiger partial charge in [0, 0.05) is 43.9 Å². The van der Waals surface area contributed by atoms with Crippen LogP contribution < -0.4 is 0 Å². The van der Waals surface area contributed by atoms with Crippen LogP contribution in [0.1, 0.15) is 11.7 Å². The molecule has 0 unspecified atom stereocenters. The normalized spacial score (nSPS) is 16.5. The summed E-state index contributed by atoms with van der Waals surface area (Å²) in [6.45, 7) is 3.85. The van der Waals surface area contributed by atoms with Crippen molar-refractivity contribution in [2.24, 2.45) is 0 Å². The van der Waals surface area contributed by atoms with Crippen LogP contribution in [0.15, 0.2) is 61.1 Å². The van der Waals surface area contributed by atoms with E-state index in [1.807, 2.05) is 53.2 Å². The Labute approximate surface area is 152 Å². The number of hydrogen-bond donors (Lipinski definition) is 1. The van der Waals surface area contributed by atoms with Gasteiger partial charge >= 0.3 is 0 Å². The number of rotatable bonds is 5. The van der Waals surface area contributed by atoms with Crippen molar-refractivity contribution >= 4 is 0 Å². The van der Waals surface area contributed by atoms with Crippen LogP contribution in [-0.2, 0) is 4.74 Å². The van der Waals surface area contributed by atoms with Crippen LogP contribution >= 0.6 is 0 Å². The highest BCUT2D eigenvalue weighted by Gasteiger charge is 2.16. The van der Waals surface area contributed by atoms with E-state index in [-0.39, 0.29) is 0 Å². The van der Waals surface area contributed by atoms with Crippen LogP contribution in [-0.4, -0.2) is 57.4 Å². The molecule has 0 bridgehead atoms. The number of aliphatic hydroxyl groups is 1. The number of hydrogen-bond acceptors (Lipinski definition) is 5. The highest BCUT2D eigenvalue weighted by Crippen LogP contribution is 2.22. The van der Waals surface area contributed by atoms with Crippen LogP contribution in [0.3, 0.4) is 0 Å². The van der Waals surface area contributed by atoms with Gasteiger partial charge in [-0.2, -0.15) is 0 Å². The molecule has 0 aliphatic carbocycles. The van der Waals surface area contributed by atoms with Crippen molar-refractivity contribution in [3.8, 4) is 17.2 Å². The predicted molar refractivity (Wildman–Crippen MR) is 99.0 cm³/mol. The second kappa shape index (κ2) is 7.78. The molecular weight excluding hydrogens is 328 g/mol. The van der Waals surface area contributed by atoms with Gasteiger partial charge in [0.25, 0.3) is 0 Å². The summed E-state index contributed by atoms with van der Waals surface area (Å²) in [7, 11) is 0. The Kier molecular flexibility index (Phi) is 5.06. The largest absolute Gasteiger partial charge is 0.387 e. The van der Waals surface area contributed by atoms with Crippen LogP contribution in [0, 0.1) is 0 Å². The summed E-state index contributed by atoms with van der Waals surface area (Å²) in [6, 6.07) is 13.7. The van der Waals surface area contributed by atoms with Crippen LogP contribution in [0.25, 0.3) is 17.2 Å². The van der Waals surface area contributed by atoms with Crippen molar-refractivity contribution in [1.82, 2.24) is 19.4 Å². The Morgan fingerprint density at radius 2 is 1.81 bits per heavy atom. The van der Waals surface area contributed by atoms with Gasteiger partial charge in [-0.25, -0.2) is 4.98 Å². The average Bonchev–Trinajstić information content (AvgIpc) is 3.19. The zero-order valence-electron chi connectivity index (χ0n) is 14.5. The molecule has 1 N–H and O–H groups in total. The average molecular weight is 350 g/mol. The van der Waals surface area contributed by atoms with Gasteiger partial charge in [-0.05, 0) is 29.8 Å². The number of ether oxygens (including phenoxy) is 1. The smallest absolute Gasteiger partial charge is 0.163 e. The number of morpholine rings is 1. The first-order valence-electron chi connectivity index (χ1n) is 8.84. The van der Waals surface area contributed by atoms with Gasteiger partial charge in [-0.3, -0.25) is 14.5 Å². The van der Waals surface area contributed by atoms with E-state index >= 15 is 0 Å². The number of benzene rings is 1. The molecule has 1 saturated heterocycles. The van der Waals surface area contributed by atoms with E-state index in [9.17, 15) is 5.11 Å². The third-order valence-electron chi connectivity index (χ3n) is 4.63. The first kappa shape index (κ1) is 16.9. The molecule has 3 aromatic rings. The van der Waals surface area contributed by atoms with Crippen molar-refractivity contribution < 1.29 is 9.84 Å². The second-order valence-corrected chi connectivity index (χ2v) is 6.36. The summed E-state index contributed by atoms with van der Waals surface area (Å²) in [5.74, 6) is 0.798. The monoisotopic (exact) mass is 350 g/mol. The molecule has 1 aliphatic heterocycles. The fourth-order valence-electron chi connectivity index (χ4n) is 3.19. The lowest BCUT2D eigenvalue weighted by Crippen LogP contribution is -2.38. The number of imidazole rings is 1. The van der Waals surface area contributed by atoms with E-state index in [2.05, 4.69) is 14.9 Å². The first-order chi connectivity index (χ1) is 12.8. The fraction of sp³-hybridized carbons (Fsp3) is 0.300. The van der Waals surface area contributed by atoms with E-state index in [0.29, 0.717) is 6.54 Å². The molecule has 0 radical (unpaired) electrons. The Bertz CT molecular complexity index is 827. The lowest BCUT2D eigenvalue weighted by atomic mass is 10.1. The summed E-state index contributed by atoms with van der Waals surface area (Å²) in [4.78, 5) is 11.0. The van der Waals surface area contributed by atoms with Gasteiger partial charge in [0.15, 0.2) is 5.82 Å². The van der Waals surface area contributed by atoms with Gasteiger partial charge in [-0.15, -0.1) is 0 Å². The molecule has 0 amide bonds.